The zero-order valence-corrected chi connectivity index (χ0v) is 8.33. The standard InChI is InChI=1S/C8H15NO4/c1-8(12,7(11)13-4)5-6(10)9(2)3/h12H,5H2,1-4H3. The van der Waals surface area contributed by atoms with Crippen LogP contribution in [0.4, 0.5) is 0 Å². The minimum atomic E-state index is -1.74. The van der Waals surface area contributed by atoms with Gasteiger partial charge >= 0.3 is 5.97 Å². The first-order valence-corrected chi connectivity index (χ1v) is 3.82. The number of hydrogen-bond acceptors (Lipinski definition) is 4. The van der Waals surface area contributed by atoms with E-state index < -0.39 is 11.6 Å². The summed E-state index contributed by atoms with van der Waals surface area (Å²) in [5, 5.41) is 9.48. The summed E-state index contributed by atoms with van der Waals surface area (Å²) in [6.07, 6.45) is -0.271. The number of carbonyl (C=O) groups excluding carboxylic acids is 2. The number of nitrogens with zero attached hydrogens (tertiary/aromatic N) is 1. The average Bonchev–Trinajstić information content (AvgIpc) is 2.01. The molecule has 13 heavy (non-hydrogen) atoms. The van der Waals surface area contributed by atoms with E-state index in [-0.39, 0.29) is 12.3 Å². The number of hydrogen-bond donors (Lipinski definition) is 1. The van der Waals surface area contributed by atoms with Crippen LogP contribution >= 0.6 is 0 Å². The van der Waals surface area contributed by atoms with E-state index in [1.807, 2.05) is 0 Å². The molecule has 1 atom stereocenters. The van der Waals surface area contributed by atoms with Crippen LogP contribution < -0.4 is 0 Å². The predicted octanol–water partition coefficient (Wildman–Crippen LogP) is -0.611. The topological polar surface area (TPSA) is 66.8 Å². The van der Waals surface area contributed by atoms with Crippen molar-refractivity contribution in [3.63, 3.8) is 0 Å². The van der Waals surface area contributed by atoms with E-state index >= 15 is 0 Å². The van der Waals surface area contributed by atoms with Crippen molar-refractivity contribution in [2.24, 2.45) is 0 Å². The number of rotatable bonds is 3. The normalized spacial score (nSPS) is 14.5. The Labute approximate surface area is 77.3 Å². The van der Waals surface area contributed by atoms with Gasteiger partial charge < -0.3 is 14.7 Å². The number of ether oxygens (including phenoxy) is 1. The van der Waals surface area contributed by atoms with Gasteiger partial charge in [0.2, 0.25) is 5.91 Å². The molecule has 0 aliphatic heterocycles. The monoisotopic (exact) mass is 189 g/mol. The van der Waals surface area contributed by atoms with Crippen molar-refractivity contribution in [2.45, 2.75) is 18.9 Å². The second-order valence-corrected chi connectivity index (χ2v) is 3.23. The van der Waals surface area contributed by atoms with Gasteiger partial charge in [0, 0.05) is 14.1 Å². The van der Waals surface area contributed by atoms with Gasteiger partial charge in [0.1, 0.15) is 0 Å². The highest BCUT2D eigenvalue weighted by atomic mass is 16.5. The Kier molecular flexibility index (Phi) is 3.87. The molecule has 0 aliphatic rings. The minimum absolute atomic E-state index is 0.271. The zero-order valence-electron chi connectivity index (χ0n) is 8.33. The first-order valence-electron chi connectivity index (χ1n) is 3.82. The minimum Gasteiger partial charge on any atom is -0.467 e. The van der Waals surface area contributed by atoms with Gasteiger partial charge in [-0.15, -0.1) is 0 Å². The Morgan fingerprint density at radius 3 is 2.23 bits per heavy atom. The van der Waals surface area contributed by atoms with Gasteiger partial charge in [0.15, 0.2) is 5.60 Å². The number of esters is 1. The van der Waals surface area contributed by atoms with Crippen molar-refractivity contribution < 1.29 is 19.4 Å². The molecular weight excluding hydrogens is 174 g/mol. The Bertz CT molecular complexity index is 210. The molecule has 0 heterocycles. The molecule has 1 N–H and O–H groups in total. The lowest BCUT2D eigenvalue weighted by molar-refractivity contribution is -0.164. The lowest BCUT2D eigenvalue weighted by Crippen LogP contribution is -2.41. The predicted molar refractivity (Wildman–Crippen MR) is 46.0 cm³/mol. The van der Waals surface area contributed by atoms with E-state index in [0.29, 0.717) is 0 Å². The molecule has 0 radical (unpaired) electrons. The van der Waals surface area contributed by atoms with E-state index in [2.05, 4.69) is 4.74 Å². The third-order valence-electron chi connectivity index (χ3n) is 1.62. The highest BCUT2D eigenvalue weighted by Gasteiger charge is 2.34. The molecule has 0 bridgehead atoms. The zero-order chi connectivity index (χ0) is 10.6. The molecule has 1 unspecified atom stereocenters. The van der Waals surface area contributed by atoms with Gasteiger partial charge in [0.25, 0.3) is 0 Å². The van der Waals surface area contributed by atoms with Crippen molar-refractivity contribution in [2.75, 3.05) is 21.2 Å². The second kappa shape index (κ2) is 4.23. The maximum Gasteiger partial charge on any atom is 0.338 e. The fourth-order valence-electron chi connectivity index (χ4n) is 0.745. The van der Waals surface area contributed by atoms with Crippen molar-refractivity contribution in [1.82, 2.24) is 4.90 Å². The largest absolute Gasteiger partial charge is 0.467 e. The smallest absolute Gasteiger partial charge is 0.338 e. The van der Waals surface area contributed by atoms with Crippen LogP contribution in [0, 0.1) is 0 Å². The molecule has 0 aromatic heterocycles. The van der Waals surface area contributed by atoms with Gasteiger partial charge in [0.05, 0.1) is 13.5 Å². The molecule has 0 spiro atoms. The van der Waals surface area contributed by atoms with Crippen molar-refractivity contribution in [1.29, 1.82) is 0 Å². The van der Waals surface area contributed by atoms with Crippen LogP contribution in [0.15, 0.2) is 0 Å². The molecule has 0 aromatic carbocycles. The number of methoxy groups -OCH3 is 1. The summed E-state index contributed by atoms with van der Waals surface area (Å²) in [7, 11) is 4.27. The first kappa shape index (κ1) is 11.9. The first-order chi connectivity index (χ1) is 5.81. The van der Waals surface area contributed by atoms with E-state index in [1.165, 1.54) is 11.8 Å². The molecule has 0 rings (SSSR count). The Hall–Kier alpha value is -1.10. The highest BCUT2D eigenvalue weighted by molar-refractivity contribution is 5.87. The van der Waals surface area contributed by atoms with E-state index in [9.17, 15) is 14.7 Å². The second-order valence-electron chi connectivity index (χ2n) is 3.23. The van der Waals surface area contributed by atoms with Crippen LogP contribution in [0.2, 0.25) is 0 Å². The summed E-state index contributed by atoms with van der Waals surface area (Å²) in [5.74, 6) is -1.13. The van der Waals surface area contributed by atoms with E-state index in [4.69, 9.17) is 0 Å². The summed E-state index contributed by atoms with van der Waals surface area (Å²) in [5.41, 5.74) is -1.74. The molecule has 0 saturated carbocycles. The van der Waals surface area contributed by atoms with Gasteiger partial charge in [-0.25, -0.2) is 4.79 Å². The van der Waals surface area contributed by atoms with Crippen LogP contribution in [0.25, 0.3) is 0 Å². The van der Waals surface area contributed by atoms with Gasteiger partial charge in [-0.3, -0.25) is 4.79 Å². The van der Waals surface area contributed by atoms with E-state index in [1.54, 1.807) is 14.1 Å². The number of amides is 1. The van der Waals surface area contributed by atoms with Crippen LogP contribution in [0.1, 0.15) is 13.3 Å². The molecule has 1 amide bonds. The fourth-order valence-corrected chi connectivity index (χ4v) is 0.745. The van der Waals surface area contributed by atoms with Crippen LogP contribution in [0.5, 0.6) is 0 Å². The number of carbonyl (C=O) groups is 2. The number of aliphatic hydroxyl groups is 1. The summed E-state index contributed by atoms with van der Waals surface area (Å²) in [6.45, 7) is 1.25. The fraction of sp³-hybridized carbons (Fsp3) is 0.750. The van der Waals surface area contributed by atoms with Gasteiger partial charge in [-0.05, 0) is 6.92 Å². The molecule has 5 nitrogen and oxygen atoms in total. The maximum atomic E-state index is 11.1. The molecule has 5 heteroatoms. The third-order valence-corrected chi connectivity index (χ3v) is 1.62. The Morgan fingerprint density at radius 2 is 1.92 bits per heavy atom. The average molecular weight is 189 g/mol. The molecule has 0 aliphatic carbocycles. The Balaban J connectivity index is 4.33. The molecule has 0 saturated heterocycles. The van der Waals surface area contributed by atoms with Crippen molar-refractivity contribution in [3.05, 3.63) is 0 Å². The van der Waals surface area contributed by atoms with Crippen LogP contribution in [0.3, 0.4) is 0 Å². The SMILES string of the molecule is COC(=O)C(C)(O)CC(=O)N(C)C. The lowest BCUT2D eigenvalue weighted by atomic mass is 10.0. The maximum absolute atomic E-state index is 11.1. The lowest BCUT2D eigenvalue weighted by Gasteiger charge is -2.21. The summed E-state index contributed by atoms with van der Waals surface area (Å²) in [4.78, 5) is 23.4. The summed E-state index contributed by atoms with van der Waals surface area (Å²) >= 11 is 0. The molecule has 0 fully saturated rings. The van der Waals surface area contributed by atoms with Crippen molar-refractivity contribution in [3.8, 4) is 0 Å². The van der Waals surface area contributed by atoms with Crippen molar-refractivity contribution >= 4 is 11.9 Å². The third kappa shape index (κ3) is 3.42. The Morgan fingerprint density at radius 1 is 1.46 bits per heavy atom. The summed E-state index contributed by atoms with van der Waals surface area (Å²) in [6, 6.07) is 0. The molecular formula is C8H15NO4. The van der Waals surface area contributed by atoms with Gasteiger partial charge in [-0.1, -0.05) is 0 Å². The quantitative estimate of drug-likeness (QED) is 0.601. The molecule has 0 aromatic rings. The highest BCUT2D eigenvalue weighted by Crippen LogP contribution is 2.12. The van der Waals surface area contributed by atoms with Crippen LogP contribution in [-0.2, 0) is 14.3 Å². The van der Waals surface area contributed by atoms with Gasteiger partial charge in [-0.2, -0.15) is 0 Å². The van der Waals surface area contributed by atoms with Crippen LogP contribution in [-0.4, -0.2) is 48.7 Å². The summed E-state index contributed by atoms with van der Waals surface area (Å²) < 4.78 is 4.34. The van der Waals surface area contributed by atoms with E-state index in [0.717, 1.165) is 7.11 Å². The molecule has 76 valence electrons.